The third kappa shape index (κ3) is 10.9. The Morgan fingerprint density at radius 2 is 1.65 bits per heavy atom. The Morgan fingerprint density at radius 3 is 2.41 bits per heavy atom. The first-order valence-electron chi connectivity index (χ1n) is 22.7. The number of hydrogen-bond acceptors (Lipinski definition) is 15. The van der Waals surface area contributed by atoms with Crippen LogP contribution in [0.5, 0.6) is 0 Å². The van der Waals surface area contributed by atoms with Crippen molar-refractivity contribution >= 4 is 46.7 Å². The lowest BCUT2D eigenvalue weighted by molar-refractivity contribution is -0.136. The standard InChI is InChI=1S/C47H51F2N11O8/c48-42(49)41-36(53-43(62)37-28-68-45(54-37)31-11-12-51-39(23-31)52-26-30-1-2-30)27-59(56-41)32-5-3-29(4-6-32)25-50-13-19-66-21-22-67-20-18-57-14-16-58(17-15-57)33-7-8-34-35(24-33)47(65)60(46(34)64)38-9-10-40(61)55-44(38)63/h3-8,11-12,23-24,27-28,30,38,42,50H,1-2,9-10,13-22,25-26H2,(H,51,52)(H,53,62)(H,55,61,63). The molecule has 6 heterocycles. The van der Waals surface area contributed by atoms with Crippen molar-refractivity contribution in [2.45, 2.75) is 44.7 Å². The first kappa shape index (κ1) is 46.2. The smallest absolute Gasteiger partial charge is 0.284 e. The molecule has 1 aliphatic carbocycles. The molecule has 1 unspecified atom stereocenters. The van der Waals surface area contributed by atoms with E-state index < -0.39 is 47.7 Å². The summed E-state index contributed by atoms with van der Waals surface area (Å²) < 4.78 is 46.5. The predicted octanol–water partition coefficient (Wildman–Crippen LogP) is 4.28. The lowest BCUT2D eigenvalue weighted by Gasteiger charge is -2.36. The Morgan fingerprint density at radius 1 is 0.882 bits per heavy atom. The van der Waals surface area contributed by atoms with Crippen molar-refractivity contribution in [1.82, 2.24) is 40.2 Å². The Labute approximate surface area is 389 Å². The molecule has 4 aliphatic rings. The second kappa shape index (κ2) is 20.9. The van der Waals surface area contributed by atoms with Gasteiger partial charge in [0.2, 0.25) is 17.7 Å². The number of benzene rings is 2. The van der Waals surface area contributed by atoms with Crippen LogP contribution in [0.3, 0.4) is 0 Å². The minimum atomic E-state index is -2.94. The number of fused-ring (bicyclic) bond motifs is 1. The van der Waals surface area contributed by atoms with E-state index in [4.69, 9.17) is 13.9 Å². The van der Waals surface area contributed by atoms with E-state index in [1.807, 2.05) is 18.2 Å². The largest absolute Gasteiger partial charge is 0.444 e. The zero-order valence-corrected chi connectivity index (χ0v) is 37.1. The van der Waals surface area contributed by atoms with Crippen molar-refractivity contribution in [2.75, 3.05) is 87.8 Å². The maximum atomic E-state index is 14.1. The maximum Gasteiger partial charge on any atom is 0.284 e. The second-order valence-electron chi connectivity index (χ2n) is 17.0. The molecule has 1 saturated carbocycles. The number of piperidine rings is 1. The van der Waals surface area contributed by atoms with Crippen LogP contribution in [0, 0.1) is 5.92 Å². The molecule has 2 aromatic carbocycles. The number of carbonyl (C=O) groups is 5. The first-order valence-corrected chi connectivity index (χ1v) is 22.7. The van der Waals surface area contributed by atoms with Crippen LogP contribution in [0.4, 0.5) is 26.0 Å². The molecule has 21 heteroatoms. The highest BCUT2D eigenvalue weighted by atomic mass is 19.3. The summed E-state index contributed by atoms with van der Waals surface area (Å²) in [5, 5.41) is 15.4. The predicted molar refractivity (Wildman–Crippen MR) is 243 cm³/mol. The van der Waals surface area contributed by atoms with Crippen molar-refractivity contribution in [3.63, 3.8) is 0 Å². The van der Waals surface area contributed by atoms with E-state index in [1.54, 1.807) is 42.6 Å². The summed E-state index contributed by atoms with van der Waals surface area (Å²) in [5.41, 5.74) is 2.69. The van der Waals surface area contributed by atoms with Gasteiger partial charge >= 0.3 is 0 Å². The van der Waals surface area contributed by atoms with Gasteiger partial charge in [0.15, 0.2) is 11.4 Å². The number of amides is 5. The summed E-state index contributed by atoms with van der Waals surface area (Å²) in [5.74, 6) is -1.26. The van der Waals surface area contributed by atoms with E-state index in [0.29, 0.717) is 62.5 Å². The number of carbonyl (C=O) groups excluding carboxylic acids is 5. The second-order valence-corrected chi connectivity index (χ2v) is 17.0. The molecule has 356 valence electrons. The monoisotopic (exact) mass is 935 g/mol. The van der Waals surface area contributed by atoms with Crippen LogP contribution < -0.4 is 26.2 Å². The summed E-state index contributed by atoms with van der Waals surface area (Å²) in [6, 6.07) is 14.9. The Bertz CT molecular complexity index is 2650. The van der Waals surface area contributed by atoms with Gasteiger partial charge < -0.3 is 34.7 Å². The number of hydrogen-bond donors (Lipinski definition) is 4. The van der Waals surface area contributed by atoms with Crippen molar-refractivity contribution in [3.8, 4) is 17.1 Å². The van der Waals surface area contributed by atoms with Crippen LogP contribution in [-0.4, -0.2) is 137 Å². The fourth-order valence-corrected chi connectivity index (χ4v) is 8.25. The average molecular weight is 936 g/mol. The number of oxazole rings is 1. The van der Waals surface area contributed by atoms with E-state index in [2.05, 4.69) is 46.1 Å². The Kier molecular flexibility index (Phi) is 14.2. The highest BCUT2D eigenvalue weighted by Crippen LogP contribution is 2.32. The average Bonchev–Trinajstić information content (AvgIpc) is 3.76. The van der Waals surface area contributed by atoms with E-state index in [-0.39, 0.29) is 41.2 Å². The molecule has 0 bridgehead atoms. The molecule has 5 aromatic rings. The molecular formula is C47H51F2N11O8. The number of pyridine rings is 1. The summed E-state index contributed by atoms with van der Waals surface area (Å²) in [6.07, 6.45) is 3.78. The van der Waals surface area contributed by atoms with Gasteiger partial charge in [0, 0.05) is 76.2 Å². The number of rotatable bonds is 21. The number of alkyl halides is 2. The quantitative estimate of drug-likeness (QED) is 0.0597. The van der Waals surface area contributed by atoms with Gasteiger partial charge in [-0.15, -0.1) is 0 Å². The van der Waals surface area contributed by atoms with Gasteiger partial charge in [-0.2, -0.15) is 5.10 Å². The van der Waals surface area contributed by atoms with Crippen LogP contribution in [0.1, 0.15) is 74.6 Å². The van der Waals surface area contributed by atoms with Gasteiger partial charge in [-0.3, -0.25) is 39.1 Å². The third-order valence-electron chi connectivity index (χ3n) is 12.2. The minimum Gasteiger partial charge on any atom is -0.444 e. The molecule has 3 aromatic heterocycles. The van der Waals surface area contributed by atoms with Gasteiger partial charge in [0.25, 0.3) is 24.1 Å². The van der Waals surface area contributed by atoms with Gasteiger partial charge in [-0.1, -0.05) is 12.1 Å². The van der Waals surface area contributed by atoms with Gasteiger partial charge in [-0.05, 0) is 73.2 Å². The molecule has 3 fully saturated rings. The van der Waals surface area contributed by atoms with Crippen LogP contribution in [0.25, 0.3) is 17.1 Å². The molecule has 5 amide bonds. The Hall–Kier alpha value is -6.94. The molecule has 4 N–H and O–H groups in total. The van der Waals surface area contributed by atoms with Crippen LogP contribution in [0.15, 0.2) is 77.7 Å². The molecule has 3 aliphatic heterocycles. The normalized spacial score (nSPS) is 17.5. The summed E-state index contributed by atoms with van der Waals surface area (Å²) >= 11 is 0. The van der Waals surface area contributed by atoms with Gasteiger partial charge in [0.05, 0.1) is 55.1 Å². The van der Waals surface area contributed by atoms with Gasteiger partial charge in [0.1, 0.15) is 18.1 Å². The zero-order chi connectivity index (χ0) is 47.1. The minimum absolute atomic E-state index is 0.0726. The number of imide groups is 2. The Balaban J connectivity index is 0.643. The van der Waals surface area contributed by atoms with Gasteiger partial charge in [-0.25, -0.2) is 23.4 Å². The summed E-state index contributed by atoms with van der Waals surface area (Å²) in [6.45, 7) is 7.74. The molecule has 2 saturated heterocycles. The topological polar surface area (TPSA) is 218 Å². The maximum absolute atomic E-state index is 14.1. The number of nitrogens with one attached hydrogen (secondary N) is 4. The number of ether oxygens (including phenoxy) is 2. The molecule has 19 nitrogen and oxygen atoms in total. The number of halogens is 2. The molecule has 0 radical (unpaired) electrons. The van der Waals surface area contributed by atoms with E-state index >= 15 is 0 Å². The summed E-state index contributed by atoms with van der Waals surface area (Å²) in [7, 11) is 0. The van der Waals surface area contributed by atoms with E-state index in [9.17, 15) is 32.8 Å². The van der Waals surface area contributed by atoms with E-state index in [1.165, 1.54) is 30.0 Å². The van der Waals surface area contributed by atoms with Crippen molar-refractivity contribution in [3.05, 3.63) is 101 Å². The fourth-order valence-electron chi connectivity index (χ4n) is 8.25. The van der Waals surface area contributed by atoms with Crippen LogP contribution >= 0.6 is 0 Å². The number of anilines is 3. The highest BCUT2D eigenvalue weighted by molar-refractivity contribution is 6.23. The molecular weight excluding hydrogens is 885 g/mol. The number of piperazine rings is 1. The van der Waals surface area contributed by atoms with Crippen molar-refractivity contribution in [1.29, 1.82) is 0 Å². The van der Waals surface area contributed by atoms with Crippen LogP contribution in [-0.2, 0) is 25.6 Å². The number of aromatic nitrogens is 4. The van der Waals surface area contributed by atoms with Crippen molar-refractivity contribution in [2.24, 2.45) is 5.92 Å². The highest BCUT2D eigenvalue weighted by Gasteiger charge is 2.45. The molecule has 68 heavy (non-hydrogen) atoms. The lowest BCUT2D eigenvalue weighted by atomic mass is 10.0. The van der Waals surface area contributed by atoms with Crippen LogP contribution in [0.2, 0.25) is 0 Å². The van der Waals surface area contributed by atoms with E-state index in [0.717, 1.165) is 55.4 Å². The number of nitrogens with zero attached hydrogens (tertiary/aromatic N) is 7. The first-order chi connectivity index (χ1) is 33.1. The third-order valence-corrected chi connectivity index (χ3v) is 12.2. The molecule has 0 spiro atoms. The SMILES string of the molecule is O=C1CCC(N2C(=O)c3ccc(N4CCN(CCOCCOCCNCc5ccc(-n6cc(NC(=O)c7coc(-c8ccnc(NCC9CC9)c8)n7)c(C(F)F)n6)cc5)CC4)cc3C2=O)C(=O)N1. The molecule has 1 atom stereocenters. The zero-order valence-electron chi connectivity index (χ0n) is 37.1. The lowest BCUT2D eigenvalue weighted by Crippen LogP contribution is -2.54. The fraction of sp³-hybridized carbons (Fsp3) is 0.404. The summed E-state index contributed by atoms with van der Waals surface area (Å²) in [4.78, 5) is 77.4. The van der Waals surface area contributed by atoms with Crippen molar-refractivity contribution < 1.29 is 46.6 Å². The molecule has 9 rings (SSSR count).